The van der Waals surface area contributed by atoms with Crippen LogP contribution in [0.3, 0.4) is 0 Å². The molecule has 130 valence electrons. The van der Waals surface area contributed by atoms with Crippen molar-refractivity contribution >= 4 is 23.3 Å². The highest BCUT2D eigenvalue weighted by Crippen LogP contribution is 2.34. The van der Waals surface area contributed by atoms with Gasteiger partial charge in [0.15, 0.2) is 0 Å². The first-order valence-corrected chi connectivity index (χ1v) is 8.16. The monoisotopic (exact) mass is 339 g/mol. The summed E-state index contributed by atoms with van der Waals surface area (Å²) >= 11 is 0. The number of nitrogens with one attached hydrogen (secondary N) is 1. The van der Waals surface area contributed by atoms with E-state index in [1.54, 1.807) is 24.3 Å². The molecule has 1 aliphatic heterocycles. The number of pyridine rings is 1. The number of benzene rings is 1. The lowest BCUT2D eigenvalue weighted by Crippen LogP contribution is -2.28. The van der Waals surface area contributed by atoms with Crippen molar-refractivity contribution in [1.29, 1.82) is 0 Å². The Morgan fingerprint density at radius 1 is 1.24 bits per heavy atom. The lowest BCUT2D eigenvalue weighted by Gasteiger charge is -2.20. The standard InChI is InChI=1S/C19H21N3O3/c1-12-4-5-16(25-3)15(8-12)22-11-14(10-18(22)23)19(24)21-17-9-13(2)6-7-20-17/h4-9,14H,10-11H2,1-3H3,(H,20,21,24)/t14-/m1/s1. The third-order valence-electron chi connectivity index (χ3n) is 4.29. The van der Waals surface area contributed by atoms with Crippen LogP contribution in [0.5, 0.6) is 5.75 Å². The van der Waals surface area contributed by atoms with Gasteiger partial charge in [-0.25, -0.2) is 4.98 Å². The molecule has 6 nitrogen and oxygen atoms in total. The van der Waals surface area contributed by atoms with E-state index < -0.39 is 5.92 Å². The van der Waals surface area contributed by atoms with Crippen molar-refractivity contribution in [2.24, 2.45) is 5.92 Å². The van der Waals surface area contributed by atoms with Gasteiger partial charge in [0.05, 0.1) is 18.7 Å². The molecule has 6 heteroatoms. The number of rotatable bonds is 4. The Bertz CT molecular complexity index is 819. The van der Waals surface area contributed by atoms with Gasteiger partial charge >= 0.3 is 0 Å². The molecule has 1 saturated heterocycles. The first kappa shape index (κ1) is 17.0. The minimum absolute atomic E-state index is 0.0822. The minimum Gasteiger partial charge on any atom is -0.495 e. The number of nitrogens with zero attached hydrogens (tertiary/aromatic N) is 2. The largest absolute Gasteiger partial charge is 0.495 e. The molecule has 1 aromatic heterocycles. The molecular weight excluding hydrogens is 318 g/mol. The third-order valence-corrected chi connectivity index (χ3v) is 4.29. The Morgan fingerprint density at radius 2 is 2.00 bits per heavy atom. The third kappa shape index (κ3) is 3.63. The molecular formula is C19H21N3O3. The van der Waals surface area contributed by atoms with Crippen molar-refractivity contribution in [2.75, 3.05) is 23.9 Å². The van der Waals surface area contributed by atoms with Crippen LogP contribution in [0.2, 0.25) is 0 Å². The second-order valence-electron chi connectivity index (χ2n) is 6.29. The molecule has 1 atom stereocenters. The molecule has 1 N–H and O–H groups in total. The van der Waals surface area contributed by atoms with Gasteiger partial charge in [-0.1, -0.05) is 6.07 Å². The Balaban J connectivity index is 1.76. The van der Waals surface area contributed by atoms with Crippen LogP contribution < -0.4 is 15.0 Å². The zero-order valence-corrected chi connectivity index (χ0v) is 14.6. The van der Waals surface area contributed by atoms with Gasteiger partial charge in [0, 0.05) is 19.2 Å². The van der Waals surface area contributed by atoms with E-state index >= 15 is 0 Å². The van der Waals surface area contributed by atoms with Crippen molar-refractivity contribution in [1.82, 2.24) is 4.98 Å². The summed E-state index contributed by atoms with van der Waals surface area (Å²) in [5.41, 5.74) is 2.75. The number of methoxy groups -OCH3 is 1. The highest BCUT2D eigenvalue weighted by atomic mass is 16.5. The number of carbonyl (C=O) groups excluding carboxylic acids is 2. The van der Waals surface area contributed by atoms with Crippen molar-refractivity contribution in [3.63, 3.8) is 0 Å². The zero-order chi connectivity index (χ0) is 18.0. The molecule has 2 amide bonds. The lowest BCUT2D eigenvalue weighted by molar-refractivity contribution is -0.122. The highest BCUT2D eigenvalue weighted by molar-refractivity contribution is 6.04. The van der Waals surface area contributed by atoms with E-state index in [-0.39, 0.29) is 18.2 Å². The van der Waals surface area contributed by atoms with Gasteiger partial charge in [-0.3, -0.25) is 9.59 Å². The van der Waals surface area contributed by atoms with Crippen LogP contribution in [0.4, 0.5) is 11.5 Å². The summed E-state index contributed by atoms with van der Waals surface area (Å²) in [6.45, 7) is 4.22. The summed E-state index contributed by atoms with van der Waals surface area (Å²) in [4.78, 5) is 30.7. The van der Waals surface area contributed by atoms with E-state index in [2.05, 4.69) is 10.3 Å². The summed E-state index contributed by atoms with van der Waals surface area (Å²) in [5.74, 6) is 0.436. The topological polar surface area (TPSA) is 71.5 Å². The maximum atomic E-state index is 12.5. The van der Waals surface area contributed by atoms with Crippen LogP contribution >= 0.6 is 0 Å². The van der Waals surface area contributed by atoms with Crippen molar-refractivity contribution in [3.05, 3.63) is 47.7 Å². The average molecular weight is 339 g/mol. The van der Waals surface area contributed by atoms with Crippen LogP contribution in [-0.2, 0) is 9.59 Å². The number of aryl methyl sites for hydroxylation is 2. The van der Waals surface area contributed by atoms with Gasteiger partial charge in [-0.2, -0.15) is 0 Å². The highest BCUT2D eigenvalue weighted by Gasteiger charge is 2.36. The first-order chi connectivity index (χ1) is 12.0. The Kier molecular flexibility index (Phi) is 4.70. The fourth-order valence-electron chi connectivity index (χ4n) is 2.96. The predicted molar refractivity (Wildman–Crippen MR) is 95.8 cm³/mol. The van der Waals surface area contributed by atoms with Crippen molar-refractivity contribution in [3.8, 4) is 5.75 Å². The quantitative estimate of drug-likeness (QED) is 0.930. The maximum Gasteiger partial charge on any atom is 0.230 e. The smallest absolute Gasteiger partial charge is 0.230 e. The molecule has 0 spiro atoms. The summed E-state index contributed by atoms with van der Waals surface area (Å²) in [6, 6.07) is 9.33. The summed E-state index contributed by atoms with van der Waals surface area (Å²) in [6.07, 6.45) is 1.82. The zero-order valence-electron chi connectivity index (χ0n) is 14.6. The normalized spacial score (nSPS) is 16.8. The minimum atomic E-state index is -0.417. The number of hydrogen-bond donors (Lipinski definition) is 1. The summed E-state index contributed by atoms with van der Waals surface area (Å²) < 4.78 is 5.36. The van der Waals surface area contributed by atoms with E-state index in [0.717, 1.165) is 11.1 Å². The van der Waals surface area contributed by atoms with E-state index in [0.29, 0.717) is 23.8 Å². The van der Waals surface area contributed by atoms with Crippen LogP contribution in [0.25, 0.3) is 0 Å². The summed E-state index contributed by atoms with van der Waals surface area (Å²) in [5, 5.41) is 2.80. The van der Waals surface area contributed by atoms with Crippen LogP contribution in [0.15, 0.2) is 36.5 Å². The number of anilines is 2. The molecule has 1 fully saturated rings. The number of carbonyl (C=O) groups is 2. The van der Waals surface area contributed by atoms with Gasteiger partial charge in [-0.05, 0) is 49.2 Å². The molecule has 2 aromatic rings. The van der Waals surface area contributed by atoms with Crippen LogP contribution in [0.1, 0.15) is 17.5 Å². The Labute approximate surface area is 146 Å². The molecule has 1 aromatic carbocycles. The fraction of sp³-hybridized carbons (Fsp3) is 0.316. The molecule has 3 rings (SSSR count). The van der Waals surface area contributed by atoms with Crippen molar-refractivity contribution in [2.45, 2.75) is 20.3 Å². The second-order valence-corrected chi connectivity index (χ2v) is 6.29. The summed E-state index contributed by atoms with van der Waals surface area (Å²) in [7, 11) is 1.57. The number of hydrogen-bond acceptors (Lipinski definition) is 4. The first-order valence-electron chi connectivity index (χ1n) is 8.16. The predicted octanol–water partition coefficient (Wildman–Crippen LogP) is 2.70. The van der Waals surface area contributed by atoms with Crippen LogP contribution in [-0.4, -0.2) is 30.5 Å². The number of aromatic nitrogens is 1. The Morgan fingerprint density at radius 3 is 2.72 bits per heavy atom. The number of amides is 2. The Hall–Kier alpha value is -2.89. The van der Waals surface area contributed by atoms with Gasteiger partial charge in [0.25, 0.3) is 0 Å². The van der Waals surface area contributed by atoms with Gasteiger partial charge in [0.1, 0.15) is 11.6 Å². The molecule has 25 heavy (non-hydrogen) atoms. The van der Waals surface area contributed by atoms with Gasteiger partial charge in [0.2, 0.25) is 11.8 Å². The molecule has 0 saturated carbocycles. The van der Waals surface area contributed by atoms with E-state index in [1.807, 2.05) is 38.1 Å². The molecule has 0 bridgehead atoms. The number of ether oxygens (including phenoxy) is 1. The van der Waals surface area contributed by atoms with Crippen LogP contribution in [0, 0.1) is 19.8 Å². The van der Waals surface area contributed by atoms with E-state index in [9.17, 15) is 9.59 Å². The van der Waals surface area contributed by atoms with Crippen molar-refractivity contribution < 1.29 is 14.3 Å². The molecule has 0 unspecified atom stereocenters. The lowest BCUT2D eigenvalue weighted by atomic mass is 10.1. The second kappa shape index (κ2) is 6.93. The van der Waals surface area contributed by atoms with E-state index in [1.165, 1.54) is 0 Å². The maximum absolute atomic E-state index is 12.5. The van der Waals surface area contributed by atoms with E-state index in [4.69, 9.17) is 4.74 Å². The molecule has 0 radical (unpaired) electrons. The molecule has 0 aliphatic carbocycles. The SMILES string of the molecule is COc1ccc(C)cc1N1C[C@H](C(=O)Nc2cc(C)ccn2)CC1=O. The van der Waals surface area contributed by atoms with Gasteiger partial charge in [-0.15, -0.1) is 0 Å². The molecule has 2 heterocycles. The molecule has 1 aliphatic rings. The average Bonchev–Trinajstić information content (AvgIpc) is 2.96. The van der Waals surface area contributed by atoms with Gasteiger partial charge < -0.3 is 15.0 Å². The fourth-order valence-corrected chi connectivity index (χ4v) is 2.96.